The normalized spacial score (nSPS) is 17.8. The van der Waals surface area contributed by atoms with Gasteiger partial charge in [0.1, 0.15) is 9.88 Å². The predicted molar refractivity (Wildman–Crippen MR) is 104 cm³/mol. The largest absolute Gasteiger partial charge is 0.351 e. The third-order valence-electron chi connectivity index (χ3n) is 5.05. The fourth-order valence-electron chi connectivity index (χ4n) is 3.39. The standard InChI is InChI=1S/C20H27N3OS/c1-4-15-7-9-16(10-8-15)20-22-14(2)18(25-20)19(24)21-12-11-17-6-5-13-23(17)3/h7-10,17H,4-6,11-13H2,1-3H3,(H,21,24). The number of likely N-dealkylation sites (tertiary alicyclic amines) is 1. The molecule has 0 saturated carbocycles. The number of amides is 1. The molecule has 4 nitrogen and oxygen atoms in total. The zero-order chi connectivity index (χ0) is 17.8. The van der Waals surface area contributed by atoms with E-state index >= 15 is 0 Å². The highest BCUT2D eigenvalue weighted by Crippen LogP contribution is 2.28. The van der Waals surface area contributed by atoms with E-state index in [-0.39, 0.29) is 5.91 Å². The molecule has 0 aliphatic carbocycles. The Balaban J connectivity index is 1.61. The van der Waals surface area contributed by atoms with Gasteiger partial charge in [-0.05, 0) is 51.8 Å². The molecule has 3 rings (SSSR count). The molecule has 0 bridgehead atoms. The fraction of sp³-hybridized carbons (Fsp3) is 0.500. The molecule has 5 heteroatoms. The first-order chi connectivity index (χ1) is 12.1. The Bertz CT molecular complexity index is 723. The van der Waals surface area contributed by atoms with Gasteiger partial charge in [0, 0.05) is 18.2 Å². The molecule has 1 amide bonds. The molecule has 2 aromatic rings. The van der Waals surface area contributed by atoms with Crippen LogP contribution in [0.1, 0.15) is 47.1 Å². The van der Waals surface area contributed by atoms with E-state index in [0.717, 1.165) is 40.5 Å². The van der Waals surface area contributed by atoms with Gasteiger partial charge >= 0.3 is 0 Å². The van der Waals surface area contributed by atoms with Crippen LogP contribution in [0.5, 0.6) is 0 Å². The summed E-state index contributed by atoms with van der Waals surface area (Å²) in [6.07, 6.45) is 4.56. The molecule has 1 atom stereocenters. The van der Waals surface area contributed by atoms with E-state index in [9.17, 15) is 4.79 Å². The molecule has 1 saturated heterocycles. The SMILES string of the molecule is CCc1ccc(-c2nc(C)c(C(=O)NCCC3CCCN3C)s2)cc1. The average Bonchev–Trinajstić information content (AvgIpc) is 3.21. The zero-order valence-corrected chi connectivity index (χ0v) is 16.2. The second-order valence-corrected chi connectivity index (χ2v) is 7.80. The van der Waals surface area contributed by atoms with Crippen LogP contribution in [0, 0.1) is 6.92 Å². The lowest BCUT2D eigenvalue weighted by atomic mass is 10.1. The second-order valence-electron chi connectivity index (χ2n) is 6.81. The van der Waals surface area contributed by atoms with Gasteiger partial charge in [0.15, 0.2) is 0 Å². The lowest BCUT2D eigenvalue weighted by Gasteiger charge is -2.19. The van der Waals surface area contributed by atoms with Crippen molar-refractivity contribution in [3.8, 4) is 10.6 Å². The summed E-state index contributed by atoms with van der Waals surface area (Å²) >= 11 is 1.48. The van der Waals surface area contributed by atoms with Crippen LogP contribution in [-0.4, -0.2) is 42.0 Å². The van der Waals surface area contributed by atoms with Crippen LogP contribution < -0.4 is 5.32 Å². The van der Waals surface area contributed by atoms with Crippen molar-refractivity contribution in [2.24, 2.45) is 0 Å². The third kappa shape index (κ3) is 4.28. The summed E-state index contributed by atoms with van der Waals surface area (Å²) in [6.45, 7) is 5.97. The molecule has 1 aliphatic rings. The first-order valence-corrected chi connectivity index (χ1v) is 9.95. The molecule has 1 aromatic carbocycles. The Kier molecular flexibility index (Phi) is 5.86. The number of rotatable bonds is 6. The van der Waals surface area contributed by atoms with Crippen LogP contribution in [-0.2, 0) is 6.42 Å². The Morgan fingerprint density at radius 2 is 2.12 bits per heavy atom. The number of carbonyl (C=O) groups excluding carboxylic acids is 1. The predicted octanol–water partition coefficient (Wildman–Crippen LogP) is 3.90. The van der Waals surface area contributed by atoms with Gasteiger partial charge < -0.3 is 10.2 Å². The number of nitrogens with one attached hydrogen (secondary N) is 1. The third-order valence-corrected chi connectivity index (χ3v) is 6.25. The van der Waals surface area contributed by atoms with Crippen molar-refractivity contribution in [2.75, 3.05) is 20.1 Å². The van der Waals surface area contributed by atoms with Gasteiger partial charge in [0.2, 0.25) is 0 Å². The number of hydrogen-bond acceptors (Lipinski definition) is 4. The van der Waals surface area contributed by atoms with Gasteiger partial charge in [-0.1, -0.05) is 31.2 Å². The van der Waals surface area contributed by atoms with Crippen LogP contribution in [0.3, 0.4) is 0 Å². The lowest BCUT2D eigenvalue weighted by Crippen LogP contribution is -2.31. The summed E-state index contributed by atoms with van der Waals surface area (Å²) in [6, 6.07) is 9.05. The fourth-order valence-corrected chi connectivity index (χ4v) is 4.38. The monoisotopic (exact) mass is 357 g/mol. The smallest absolute Gasteiger partial charge is 0.263 e. The van der Waals surface area contributed by atoms with E-state index in [1.165, 1.54) is 36.3 Å². The highest BCUT2D eigenvalue weighted by Gasteiger charge is 2.21. The minimum atomic E-state index is 0.00655. The first-order valence-electron chi connectivity index (χ1n) is 9.13. The van der Waals surface area contributed by atoms with Gasteiger partial charge in [0.25, 0.3) is 5.91 Å². The van der Waals surface area contributed by atoms with Crippen molar-refractivity contribution in [1.82, 2.24) is 15.2 Å². The van der Waals surface area contributed by atoms with E-state index in [0.29, 0.717) is 6.04 Å². The molecule has 2 heterocycles. The Morgan fingerprint density at radius 3 is 2.76 bits per heavy atom. The number of thiazole rings is 1. The minimum Gasteiger partial charge on any atom is -0.351 e. The summed E-state index contributed by atoms with van der Waals surface area (Å²) in [4.78, 5) is 20.2. The van der Waals surface area contributed by atoms with Crippen molar-refractivity contribution in [1.29, 1.82) is 0 Å². The molecule has 1 fully saturated rings. The number of nitrogens with zero attached hydrogens (tertiary/aromatic N) is 2. The summed E-state index contributed by atoms with van der Waals surface area (Å²) in [5.41, 5.74) is 3.21. The van der Waals surface area contributed by atoms with E-state index in [4.69, 9.17) is 0 Å². The minimum absolute atomic E-state index is 0.00655. The van der Waals surface area contributed by atoms with Crippen molar-refractivity contribution in [3.05, 3.63) is 40.4 Å². The highest BCUT2D eigenvalue weighted by atomic mass is 32.1. The summed E-state index contributed by atoms with van der Waals surface area (Å²) in [7, 11) is 2.17. The molecule has 0 spiro atoms. The van der Waals surface area contributed by atoms with Crippen LogP contribution in [0.15, 0.2) is 24.3 Å². The quantitative estimate of drug-likeness (QED) is 0.853. The first kappa shape index (κ1) is 18.1. The Hall–Kier alpha value is -1.72. The average molecular weight is 358 g/mol. The van der Waals surface area contributed by atoms with E-state index < -0.39 is 0 Å². The van der Waals surface area contributed by atoms with Gasteiger partial charge in [0.05, 0.1) is 5.69 Å². The zero-order valence-electron chi connectivity index (χ0n) is 15.3. The molecular formula is C20H27N3OS. The van der Waals surface area contributed by atoms with E-state index in [1.54, 1.807) is 0 Å². The van der Waals surface area contributed by atoms with Crippen molar-refractivity contribution in [2.45, 2.75) is 45.6 Å². The van der Waals surface area contributed by atoms with E-state index in [2.05, 4.69) is 53.4 Å². The van der Waals surface area contributed by atoms with Crippen LogP contribution in [0.25, 0.3) is 10.6 Å². The van der Waals surface area contributed by atoms with Gasteiger partial charge in [-0.15, -0.1) is 11.3 Å². The summed E-state index contributed by atoms with van der Waals surface area (Å²) in [5, 5.41) is 3.99. The highest BCUT2D eigenvalue weighted by molar-refractivity contribution is 7.17. The van der Waals surface area contributed by atoms with Crippen LogP contribution in [0.4, 0.5) is 0 Å². The van der Waals surface area contributed by atoms with Crippen molar-refractivity contribution < 1.29 is 4.79 Å². The second kappa shape index (κ2) is 8.11. The van der Waals surface area contributed by atoms with E-state index in [1.807, 2.05) is 6.92 Å². The molecular weight excluding hydrogens is 330 g/mol. The molecule has 1 N–H and O–H groups in total. The van der Waals surface area contributed by atoms with Crippen molar-refractivity contribution >= 4 is 17.2 Å². The molecule has 1 unspecified atom stereocenters. The molecule has 0 radical (unpaired) electrons. The summed E-state index contributed by atoms with van der Waals surface area (Å²) < 4.78 is 0. The number of carbonyl (C=O) groups is 1. The maximum Gasteiger partial charge on any atom is 0.263 e. The number of aromatic nitrogens is 1. The Labute approximate surface area is 154 Å². The maximum absolute atomic E-state index is 12.5. The topological polar surface area (TPSA) is 45.2 Å². The maximum atomic E-state index is 12.5. The van der Waals surface area contributed by atoms with Crippen LogP contribution in [0.2, 0.25) is 0 Å². The van der Waals surface area contributed by atoms with Gasteiger partial charge in [-0.2, -0.15) is 0 Å². The molecule has 25 heavy (non-hydrogen) atoms. The van der Waals surface area contributed by atoms with Gasteiger partial charge in [-0.25, -0.2) is 4.98 Å². The van der Waals surface area contributed by atoms with Crippen molar-refractivity contribution in [3.63, 3.8) is 0 Å². The Morgan fingerprint density at radius 1 is 1.36 bits per heavy atom. The number of aryl methyl sites for hydroxylation is 2. The van der Waals surface area contributed by atoms with Crippen LogP contribution >= 0.6 is 11.3 Å². The lowest BCUT2D eigenvalue weighted by molar-refractivity contribution is 0.0953. The molecule has 1 aromatic heterocycles. The number of benzene rings is 1. The number of hydrogen-bond donors (Lipinski definition) is 1. The summed E-state index contributed by atoms with van der Waals surface area (Å²) in [5.74, 6) is 0.00655. The van der Waals surface area contributed by atoms with Gasteiger partial charge in [-0.3, -0.25) is 4.79 Å². The molecule has 134 valence electrons. The molecule has 1 aliphatic heterocycles.